The number of rotatable bonds is 4. The fourth-order valence-electron chi connectivity index (χ4n) is 2.51. The summed E-state index contributed by atoms with van der Waals surface area (Å²) in [5.41, 5.74) is 0. The Morgan fingerprint density at radius 1 is 1.59 bits per heavy atom. The molecule has 2 rings (SSSR count). The zero-order valence-electron chi connectivity index (χ0n) is 10.7. The van der Waals surface area contributed by atoms with Gasteiger partial charge >= 0.3 is 0 Å². The zero-order valence-corrected chi connectivity index (χ0v) is 10.7. The standard InChI is InChI=1S/C13H21N3O/c1-3-16-8-6-14-13(16)10-15-7-4-5-12(9-15)11(2)17/h6,8,12H,3-5,7,9-10H2,1-2H3. The molecule has 1 aromatic heterocycles. The predicted octanol–water partition coefficient (Wildman–Crippen LogP) is 1.70. The highest BCUT2D eigenvalue weighted by atomic mass is 16.1. The average Bonchev–Trinajstić information content (AvgIpc) is 2.76. The number of piperidine rings is 1. The molecule has 1 aliphatic rings. The Morgan fingerprint density at radius 3 is 3.12 bits per heavy atom. The summed E-state index contributed by atoms with van der Waals surface area (Å²) in [5, 5.41) is 0. The maximum Gasteiger partial charge on any atom is 0.134 e. The van der Waals surface area contributed by atoms with E-state index in [1.54, 1.807) is 6.92 Å². The molecule has 0 N–H and O–H groups in total. The molecule has 4 heteroatoms. The Kier molecular flexibility index (Phi) is 3.94. The van der Waals surface area contributed by atoms with Gasteiger partial charge in [0.15, 0.2) is 0 Å². The first-order chi connectivity index (χ1) is 8.20. The number of nitrogens with zero attached hydrogens (tertiary/aromatic N) is 3. The first-order valence-electron chi connectivity index (χ1n) is 6.43. The Balaban J connectivity index is 1.97. The lowest BCUT2D eigenvalue weighted by Gasteiger charge is -2.31. The molecule has 1 aromatic rings. The van der Waals surface area contributed by atoms with E-state index in [-0.39, 0.29) is 5.92 Å². The molecule has 4 nitrogen and oxygen atoms in total. The van der Waals surface area contributed by atoms with Crippen molar-refractivity contribution < 1.29 is 4.79 Å². The Hall–Kier alpha value is -1.16. The van der Waals surface area contributed by atoms with Crippen LogP contribution in [0, 0.1) is 5.92 Å². The van der Waals surface area contributed by atoms with E-state index in [1.807, 2.05) is 12.4 Å². The molecule has 2 heterocycles. The van der Waals surface area contributed by atoms with Crippen molar-refractivity contribution in [1.82, 2.24) is 14.5 Å². The summed E-state index contributed by atoms with van der Waals surface area (Å²) in [5.74, 6) is 1.67. The molecule has 1 atom stereocenters. The fraction of sp³-hybridized carbons (Fsp3) is 0.692. The third kappa shape index (κ3) is 2.94. The van der Waals surface area contributed by atoms with E-state index in [9.17, 15) is 4.79 Å². The summed E-state index contributed by atoms with van der Waals surface area (Å²) in [6.07, 6.45) is 6.04. The van der Waals surface area contributed by atoms with Crippen LogP contribution in [0.25, 0.3) is 0 Å². The largest absolute Gasteiger partial charge is 0.334 e. The molecule has 1 fully saturated rings. The van der Waals surface area contributed by atoms with Gasteiger partial charge in [-0.25, -0.2) is 4.98 Å². The molecule has 0 saturated carbocycles. The van der Waals surface area contributed by atoms with Gasteiger partial charge in [-0.1, -0.05) is 0 Å². The molecule has 0 amide bonds. The number of Topliss-reactive ketones (excluding diaryl/α,β-unsaturated/α-hetero) is 1. The fourth-order valence-corrected chi connectivity index (χ4v) is 2.51. The lowest BCUT2D eigenvalue weighted by molar-refractivity contribution is -0.122. The summed E-state index contributed by atoms with van der Waals surface area (Å²) < 4.78 is 2.16. The van der Waals surface area contributed by atoms with Gasteiger partial charge in [-0.3, -0.25) is 9.69 Å². The maximum atomic E-state index is 11.4. The first kappa shape index (κ1) is 12.3. The Labute approximate surface area is 103 Å². The molecule has 0 aliphatic carbocycles. The molecular weight excluding hydrogens is 214 g/mol. The zero-order chi connectivity index (χ0) is 12.3. The molecule has 1 unspecified atom stereocenters. The van der Waals surface area contributed by atoms with Gasteiger partial charge in [0.2, 0.25) is 0 Å². The second-order valence-electron chi connectivity index (χ2n) is 4.81. The summed E-state index contributed by atoms with van der Waals surface area (Å²) in [6, 6.07) is 0. The molecule has 1 aliphatic heterocycles. The van der Waals surface area contributed by atoms with Crippen LogP contribution in [0.3, 0.4) is 0 Å². The van der Waals surface area contributed by atoms with Crippen LogP contribution >= 0.6 is 0 Å². The second kappa shape index (κ2) is 5.45. The maximum absolute atomic E-state index is 11.4. The number of carbonyl (C=O) groups excluding carboxylic acids is 1. The van der Waals surface area contributed by atoms with Crippen molar-refractivity contribution in [2.24, 2.45) is 5.92 Å². The Morgan fingerprint density at radius 2 is 2.41 bits per heavy atom. The summed E-state index contributed by atoms with van der Waals surface area (Å²) >= 11 is 0. The molecular formula is C13H21N3O. The van der Waals surface area contributed by atoms with E-state index < -0.39 is 0 Å². The van der Waals surface area contributed by atoms with E-state index in [1.165, 1.54) is 0 Å². The van der Waals surface area contributed by atoms with Crippen molar-refractivity contribution in [3.63, 3.8) is 0 Å². The highest BCUT2D eigenvalue weighted by Crippen LogP contribution is 2.18. The van der Waals surface area contributed by atoms with Gasteiger partial charge in [-0.2, -0.15) is 0 Å². The minimum atomic E-state index is 0.230. The number of likely N-dealkylation sites (tertiary alicyclic amines) is 1. The van der Waals surface area contributed by atoms with Crippen LogP contribution in [-0.2, 0) is 17.9 Å². The molecule has 0 radical (unpaired) electrons. The highest BCUT2D eigenvalue weighted by molar-refractivity contribution is 5.78. The average molecular weight is 235 g/mol. The number of imidazole rings is 1. The summed E-state index contributed by atoms with van der Waals surface area (Å²) in [7, 11) is 0. The van der Waals surface area contributed by atoms with Crippen molar-refractivity contribution in [3.05, 3.63) is 18.2 Å². The molecule has 0 spiro atoms. The monoisotopic (exact) mass is 235 g/mol. The highest BCUT2D eigenvalue weighted by Gasteiger charge is 2.23. The molecule has 1 saturated heterocycles. The van der Waals surface area contributed by atoms with Gasteiger partial charge in [0.05, 0.1) is 6.54 Å². The van der Waals surface area contributed by atoms with E-state index >= 15 is 0 Å². The van der Waals surface area contributed by atoms with Crippen LogP contribution in [-0.4, -0.2) is 33.3 Å². The van der Waals surface area contributed by atoms with E-state index in [2.05, 4.69) is 21.4 Å². The predicted molar refractivity (Wildman–Crippen MR) is 66.6 cm³/mol. The van der Waals surface area contributed by atoms with Gasteiger partial charge in [0.25, 0.3) is 0 Å². The quantitative estimate of drug-likeness (QED) is 0.797. The topological polar surface area (TPSA) is 38.1 Å². The third-order valence-corrected chi connectivity index (χ3v) is 3.59. The smallest absolute Gasteiger partial charge is 0.134 e. The van der Waals surface area contributed by atoms with E-state index in [0.717, 1.165) is 44.8 Å². The number of aryl methyl sites for hydroxylation is 1. The lowest BCUT2D eigenvalue weighted by Crippen LogP contribution is -2.38. The van der Waals surface area contributed by atoms with Crippen LogP contribution in [0.2, 0.25) is 0 Å². The molecule has 17 heavy (non-hydrogen) atoms. The van der Waals surface area contributed by atoms with Crippen LogP contribution in [0.5, 0.6) is 0 Å². The number of ketones is 1. The number of aromatic nitrogens is 2. The molecule has 0 bridgehead atoms. The van der Waals surface area contributed by atoms with Crippen molar-refractivity contribution in [3.8, 4) is 0 Å². The van der Waals surface area contributed by atoms with Crippen LogP contribution < -0.4 is 0 Å². The molecule has 94 valence electrons. The van der Waals surface area contributed by atoms with E-state index in [0.29, 0.717) is 5.78 Å². The number of hydrogen-bond donors (Lipinski definition) is 0. The van der Waals surface area contributed by atoms with Crippen molar-refractivity contribution in [1.29, 1.82) is 0 Å². The Bertz CT molecular complexity index is 386. The number of carbonyl (C=O) groups is 1. The van der Waals surface area contributed by atoms with Crippen molar-refractivity contribution >= 4 is 5.78 Å². The van der Waals surface area contributed by atoms with E-state index in [4.69, 9.17) is 0 Å². The number of hydrogen-bond acceptors (Lipinski definition) is 3. The first-order valence-corrected chi connectivity index (χ1v) is 6.43. The van der Waals surface area contributed by atoms with Crippen LogP contribution in [0.4, 0.5) is 0 Å². The summed E-state index contributed by atoms with van der Waals surface area (Å²) in [6.45, 7) is 7.64. The van der Waals surface area contributed by atoms with Crippen LogP contribution in [0.15, 0.2) is 12.4 Å². The second-order valence-corrected chi connectivity index (χ2v) is 4.81. The van der Waals surface area contributed by atoms with Crippen LogP contribution in [0.1, 0.15) is 32.5 Å². The normalized spacial score (nSPS) is 21.6. The lowest BCUT2D eigenvalue weighted by atomic mass is 9.95. The minimum absolute atomic E-state index is 0.230. The molecule has 0 aromatic carbocycles. The van der Waals surface area contributed by atoms with Gasteiger partial charge in [0.1, 0.15) is 11.6 Å². The van der Waals surface area contributed by atoms with Crippen molar-refractivity contribution in [2.75, 3.05) is 13.1 Å². The third-order valence-electron chi connectivity index (χ3n) is 3.59. The van der Waals surface area contributed by atoms with Gasteiger partial charge in [-0.05, 0) is 33.2 Å². The van der Waals surface area contributed by atoms with Gasteiger partial charge in [-0.15, -0.1) is 0 Å². The van der Waals surface area contributed by atoms with Crippen molar-refractivity contribution in [2.45, 2.75) is 39.8 Å². The minimum Gasteiger partial charge on any atom is -0.334 e. The van der Waals surface area contributed by atoms with Gasteiger partial charge < -0.3 is 4.57 Å². The summed E-state index contributed by atoms with van der Waals surface area (Å²) in [4.78, 5) is 18.2. The van der Waals surface area contributed by atoms with Gasteiger partial charge in [0, 0.05) is 31.4 Å². The SMILES string of the molecule is CCn1ccnc1CN1CCCC(C(C)=O)C1.